The van der Waals surface area contributed by atoms with Crippen molar-refractivity contribution >= 4 is 0 Å². The topological polar surface area (TPSA) is 32.5 Å². The third kappa shape index (κ3) is 2.64. The van der Waals surface area contributed by atoms with Gasteiger partial charge < -0.3 is 0 Å². The summed E-state index contributed by atoms with van der Waals surface area (Å²) in [5.41, 5.74) is 0. The van der Waals surface area contributed by atoms with E-state index in [9.17, 15) is 0 Å². The summed E-state index contributed by atoms with van der Waals surface area (Å²) in [5.74, 6) is 5.58. The quantitative estimate of drug-likeness (QED) is 0.470. The zero-order valence-corrected chi connectivity index (χ0v) is 7.46. The number of hydrazine groups is 2. The fourth-order valence-electron chi connectivity index (χ4n) is 1.06. The molecule has 10 heavy (non-hydrogen) atoms. The first-order valence-electron chi connectivity index (χ1n) is 3.88. The first kappa shape index (κ1) is 9.88. The highest BCUT2D eigenvalue weighted by atomic mass is 15.7. The average Bonchev–Trinajstić information content (AvgIpc) is 1.88. The highest BCUT2D eigenvalue weighted by Gasteiger charge is 2.11. The molecule has 0 aromatic rings. The highest BCUT2D eigenvalue weighted by molar-refractivity contribution is 4.57. The number of nitrogens with zero attached hydrogens (tertiary/aromatic N) is 2. The molecule has 0 aliphatic heterocycles. The Morgan fingerprint density at radius 2 is 1.90 bits per heavy atom. The molecule has 0 aliphatic carbocycles. The molecule has 0 aromatic carbocycles. The lowest BCUT2D eigenvalue weighted by molar-refractivity contribution is -0.0318. The summed E-state index contributed by atoms with van der Waals surface area (Å²) in [7, 11) is 1.87. The molecular weight excluding hydrogens is 126 g/mol. The lowest BCUT2D eigenvalue weighted by Gasteiger charge is -2.31. The molecule has 0 bridgehead atoms. The van der Waals surface area contributed by atoms with Gasteiger partial charge in [0.15, 0.2) is 0 Å². The van der Waals surface area contributed by atoms with Crippen molar-refractivity contribution in [2.24, 2.45) is 5.84 Å². The Balaban J connectivity index is 3.80. The van der Waals surface area contributed by atoms with Crippen LogP contribution >= 0.6 is 0 Å². The third-order valence-electron chi connectivity index (χ3n) is 1.83. The van der Waals surface area contributed by atoms with Crippen molar-refractivity contribution < 1.29 is 0 Å². The maximum Gasteiger partial charge on any atom is 0.0228 e. The molecule has 0 heterocycles. The molecule has 3 heteroatoms. The molecule has 2 N–H and O–H groups in total. The fourth-order valence-corrected chi connectivity index (χ4v) is 1.06. The first-order chi connectivity index (χ1) is 4.63. The lowest BCUT2D eigenvalue weighted by atomic mass is 10.2. The van der Waals surface area contributed by atoms with Crippen LogP contribution in [0.15, 0.2) is 0 Å². The van der Waals surface area contributed by atoms with Gasteiger partial charge in [0.05, 0.1) is 0 Å². The number of rotatable bonds is 4. The number of hydrogen-bond acceptors (Lipinski definition) is 3. The Morgan fingerprint density at radius 1 is 1.40 bits per heavy atom. The van der Waals surface area contributed by atoms with Gasteiger partial charge in [0.1, 0.15) is 0 Å². The Labute approximate surface area is 63.7 Å². The van der Waals surface area contributed by atoms with Gasteiger partial charge in [-0.2, -0.15) is 5.12 Å². The van der Waals surface area contributed by atoms with E-state index in [0.717, 1.165) is 13.0 Å². The second-order valence-electron chi connectivity index (χ2n) is 2.59. The van der Waals surface area contributed by atoms with Gasteiger partial charge in [-0.1, -0.05) is 13.8 Å². The summed E-state index contributed by atoms with van der Waals surface area (Å²) in [5, 5.41) is 3.79. The largest absolute Gasteiger partial charge is 0.255 e. The van der Waals surface area contributed by atoms with E-state index in [0.29, 0.717) is 6.04 Å². The molecule has 0 aromatic heterocycles. The van der Waals surface area contributed by atoms with Crippen LogP contribution in [-0.4, -0.2) is 29.8 Å². The predicted molar refractivity (Wildman–Crippen MR) is 44.1 cm³/mol. The molecule has 1 atom stereocenters. The molecule has 62 valence electrons. The molecule has 0 spiro atoms. The van der Waals surface area contributed by atoms with E-state index in [1.54, 1.807) is 5.12 Å². The molecule has 0 saturated heterocycles. The SMILES string of the molecule is CCC(C)N(CC)N(C)N. The van der Waals surface area contributed by atoms with Crippen molar-refractivity contribution in [3.8, 4) is 0 Å². The van der Waals surface area contributed by atoms with Gasteiger partial charge in [0.2, 0.25) is 0 Å². The first-order valence-corrected chi connectivity index (χ1v) is 3.88. The van der Waals surface area contributed by atoms with Crippen LogP contribution in [0.2, 0.25) is 0 Å². The molecule has 0 fully saturated rings. The van der Waals surface area contributed by atoms with Gasteiger partial charge in [-0.25, -0.2) is 5.01 Å². The van der Waals surface area contributed by atoms with Gasteiger partial charge >= 0.3 is 0 Å². The minimum atomic E-state index is 0.542. The Bertz CT molecular complexity index is 82.9. The molecule has 0 aliphatic rings. The van der Waals surface area contributed by atoms with E-state index in [-0.39, 0.29) is 0 Å². The van der Waals surface area contributed by atoms with E-state index >= 15 is 0 Å². The van der Waals surface area contributed by atoms with Crippen molar-refractivity contribution in [3.63, 3.8) is 0 Å². The van der Waals surface area contributed by atoms with Crippen LogP contribution in [-0.2, 0) is 0 Å². The molecular formula is C7H19N3. The Morgan fingerprint density at radius 3 is 2.00 bits per heavy atom. The summed E-state index contributed by atoms with van der Waals surface area (Å²) in [4.78, 5) is 0. The molecule has 1 unspecified atom stereocenters. The van der Waals surface area contributed by atoms with Crippen LogP contribution in [0.25, 0.3) is 0 Å². The molecule has 0 rings (SSSR count). The fraction of sp³-hybridized carbons (Fsp3) is 1.00. The summed E-state index contributed by atoms with van der Waals surface area (Å²) < 4.78 is 0. The second-order valence-corrected chi connectivity index (χ2v) is 2.59. The molecule has 0 radical (unpaired) electrons. The zero-order chi connectivity index (χ0) is 8.15. The number of hydrogen-bond donors (Lipinski definition) is 1. The maximum atomic E-state index is 5.58. The summed E-state index contributed by atoms with van der Waals surface area (Å²) >= 11 is 0. The van der Waals surface area contributed by atoms with E-state index < -0.39 is 0 Å². The van der Waals surface area contributed by atoms with Crippen LogP contribution < -0.4 is 5.84 Å². The minimum Gasteiger partial charge on any atom is -0.255 e. The normalized spacial score (nSPS) is 14.7. The number of nitrogens with two attached hydrogens (primary N) is 1. The van der Waals surface area contributed by atoms with E-state index in [1.807, 2.05) is 7.05 Å². The Hall–Kier alpha value is -0.120. The predicted octanol–water partition coefficient (Wildman–Crippen LogP) is 0.827. The van der Waals surface area contributed by atoms with Gasteiger partial charge in [-0.3, -0.25) is 5.84 Å². The Kier molecular flexibility index (Phi) is 4.60. The van der Waals surface area contributed by atoms with Crippen molar-refractivity contribution in [3.05, 3.63) is 0 Å². The van der Waals surface area contributed by atoms with Crippen molar-refractivity contribution in [2.45, 2.75) is 33.2 Å². The van der Waals surface area contributed by atoms with Gasteiger partial charge in [-0.05, 0) is 13.3 Å². The van der Waals surface area contributed by atoms with Gasteiger partial charge in [-0.15, -0.1) is 0 Å². The van der Waals surface area contributed by atoms with Gasteiger partial charge in [0.25, 0.3) is 0 Å². The standard InChI is InChI=1S/C7H19N3/c1-5-7(3)10(6-2)9(4)8/h7H,5-6,8H2,1-4H3. The summed E-state index contributed by atoms with van der Waals surface area (Å²) in [6, 6.07) is 0.542. The van der Waals surface area contributed by atoms with Crippen LogP contribution in [0.4, 0.5) is 0 Å². The van der Waals surface area contributed by atoms with Crippen LogP contribution in [0.1, 0.15) is 27.2 Å². The van der Waals surface area contributed by atoms with Crippen molar-refractivity contribution in [2.75, 3.05) is 13.6 Å². The second kappa shape index (κ2) is 4.66. The van der Waals surface area contributed by atoms with Crippen LogP contribution in [0, 0.1) is 0 Å². The lowest BCUT2D eigenvalue weighted by Crippen LogP contribution is -2.48. The highest BCUT2D eigenvalue weighted by Crippen LogP contribution is 2.01. The van der Waals surface area contributed by atoms with E-state index in [2.05, 4.69) is 25.8 Å². The average molecular weight is 145 g/mol. The maximum absolute atomic E-state index is 5.58. The van der Waals surface area contributed by atoms with Crippen LogP contribution in [0.5, 0.6) is 0 Å². The van der Waals surface area contributed by atoms with Crippen molar-refractivity contribution in [1.82, 2.24) is 10.1 Å². The summed E-state index contributed by atoms with van der Waals surface area (Å²) in [6.07, 6.45) is 1.13. The minimum absolute atomic E-state index is 0.542. The van der Waals surface area contributed by atoms with E-state index in [1.165, 1.54) is 0 Å². The van der Waals surface area contributed by atoms with Crippen LogP contribution in [0.3, 0.4) is 0 Å². The zero-order valence-electron chi connectivity index (χ0n) is 7.46. The smallest absolute Gasteiger partial charge is 0.0228 e. The van der Waals surface area contributed by atoms with Gasteiger partial charge in [0, 0.05) is 19.6 Å². The molecule has 0 saturated carbocycles. The monoisotopic (exact) mass is 145 g/mol. The summed E-state index contributed by atoms with van der Waals surface area (Å²) in [6.45, 7) is 7.42. The van der Waals surface area contributed by atoms with E-state index in [4.69, 9.17) is 5.84 Å². The van der Waals surface area contributed by atoms with Crippen molar-refractivity contribution in [1.29, 1.82) is 0 Å². The molecule has 3 nitrogen and oxygen atoms in total. The molecule has 0 amide bonds. The third-order valence-corrected chi connectivity index (χ3v) is 1.83.